The first-order valence-corrected chi connectivity index (χ1v) is 11.4. The topological polar surface area (TPSA) is 26.7 Å². The quantitative estimate of drug-likeness (QED) is 0.414. The van der Waals surface area contributed by atoms with Crippen LogP contribution in [-0.2, 0) is 0 Å². The summed E-state index contributed by atoms with van der Waals surface area (Å²) < 4.78 is 0. The number of likely N-dealkylation sites (N-methyl/N-ethyl adjacent to an activating group) is 1. The fraction of sp³-hybridized carbons (Fsp3) is 0.407. The van der Waals surface area contributed by atoms with Crippen LogP contribution < -0.4 is 0 Å². The Hall–Kier alpha value is -2.25. The van der Waals surface area contributed by atoms with E-state index in [1.807, 2.05) is 12.1 Å². The van der Waals surface area contributed by atoms with Crippen LogP contribution in [0.5, 0.6) is 0 Å². The Morgan fingerprint density at radius 1 is 1.19 bits per heavy atom. The second kappa shape index (κ2) is 8.71. The Bertz CT molecular complexity index is 1000. The van der Waals surface area contributed by atoms with Crippen LogP contribution in [0.25, 0.3) is 5.57 Å². The van der Waals surface area contributed by atoms with Gasteiger partial charge in [-0.1, -0.05) is 66.0 Å². The number of rotatable bonds is 3. The minimum atomic E-state index is -1.00. The van der Waals surface area contributed by atoms with E-state index in [-0.39, 0.29) is 0 Å². The van der Waals surface area contributed by atoms with Crippen molar-refractivity contribution in [2.24, 2.45) is 0 Å². The molecule has 1 aromatic carbocycles. The van der Waals surface area contributed by atoms with Crippen molar-refractivity contribution in [1.29, 1.82) is 0 Å². The summed E-state index contributed by atoms with van der Waals surface area (Å²) in [6.45, 7) is 5.32. The van der Waals surface area contributed by atoms with Crippen molar-refractivity contribution in [2.75, 3.05) is 20.1 Å². The zero-order valence-corrected chi connectivity index (χ0v) is 19.4. The monoisotopic (exact) mass is 434 g/mol. The van der Waals surface area contributed by atoms with Crippen molar-refractivity contribution < 1.29 is 5.11 Å². The van der Waals surface area contributed by atoms with E-state index in [9.17, 15) is 5.11 Å². The number of hydrogen-bond donors (Lipinski definition) is 1. The van der Waals surface area contributed by atoms with Crippen molar-refractivity contribution >= 4 is 17.2 Å². The minimum absolute atomic E-state index is 0.472. The highest BCUT2D eigenvalue weighted by Gasteiger charge is 2.39. The highest BCUT2D eigenvalue weighted by atomic mass is 35.5. The molecule has 1 saturated heterocycles. The van der Waals surface area contributed by atoms with Gasteiger partial charge in [0.1, 0.15) is 10.6 Å². The number of hydrogen-bond acceptors (Lipinski definition) is 3. The molecule has 0 bridgehead atoms. The summed E-state index contributed by atoms with van der Waals surface area (Å²) in [5.74, 6) is 5.91. The Labute approximate surface area is 191 Å². The van der Waals surface area contributed by atoms with Crippen LogP contribution in [-0.4, -0.2) is 51.7 Å². The second-order valence-electron chi connectivity index (χ2n) is 9.18. The molecule has 162 valence electrons. The van der Waals surface area contributed by atoms with Crippen molar-refractivity contribution in [3.05, 3.63) is 77.5 Å². The lowest BCUT2D eigenvalue weighted by Gasteiger charge is -2.43. The molecule has 0 aromatic heterocycles. The number of halogens is 1. The second-order valence-corrected chi connectivity index (χ2v) is 9.81. The molecule has 4 heteroatoms. The van der Waals surface area contributed by atoms with Gasteiger partial charge in [0.05, 0.1) is 0 Å². The first-order valence-electron chi connectivity index (χ1n) is 11.0. The highest BCUT2D eigenvalue weighted by molar-refractivity contribution is 6.30. The number of nitrogens with zero attached hydrogens (tertiary/aromatic N) is 2. The van der Waals surface area contributed by atoms with Gasteiger partial charge in [0.2, 0.25) is 0 Å². The minimum Gasteiger partial charge on any atom is -0.378 e. The highest BCUT2D eigenvalue weighted by Crippen LogP contribution is 2.43. The third kappa shape index (κ3) is 4.83. The average Bonchev–Trinajstić information content (AvgIpc) is 3.18. The summed E-state index contributed by atoms with van der Waals surface area (Å²) in [7, 11) is 2.21. The summed E-state index contributed by atoms with van der Waals surface area (Å²) in [4.78, 5) is 4.10. The normalized spacial score (nSPS) is 26.4. The average molecular weight is 435 g/mol. The molecule has 0 saturated carbocycles. The molecule has 3 nitrogen and oxygen atoms in total. The fourth-order valence-electron chi connectivity index (χ4n) is 4.53. The van der Waals surface area contributed by atoms with Crippen LogP contribution in [0.3, 0.4) is 0 Å². The summed E-state index contributed by atoms with van der Waals surface area (Å²) in [5.41, 5.74) is 3.42. The van der Waals surface area contributed by atoms with E-state index in [1.165, 1.54) is 18.4 Å². The predicted octanol–water partition coefficient (Wildman–Crippen LogP) is 4.94. The molecular formula is C27H31ClN2O. The van der Waals surface area contributed by atoms with Crippen LogP contribution >= 0.6 is 11.6 Å². The lowest BCUT2D eigenvalue weighted by atomic mass is 9.89. The van der Waals surface area contributed by atoms with Gasteiger partial charge in [-0.3, -0.25) is 4.90 Å². The van der Waals surface area contributed by atoms with Crippen molar-refractivity contribution in [2.45, 2.75) is 49.8 Å². The lowest BCUT2D eigenvalue weighted by Crippen LogP contribution is -2.44. The summed E-state index contributed by atoms with van der Waals surface area (Å²) in [6.07, 6.45) is 16.3. The third-order valence-corrected chi connectivity index (χ3v) is 6.76. The number of benzene rings is 1. The molecule has 0 spiro atoms. The fourth-order valence-corrected chi connectivity index (χ4v) is 4.91. The molecule has 0 amide bonds. The number of likely N-dealkylation sites (tertiary alicyclic amines) is 1. The van der Waals surface area contributed by atoms with E-state index >= 15 is 0 Å². The van der Waals surface area contributed by atoms with Crippen LogP contribution in [0.15, 0.2) is 66.4 Å². The van der Waals surface area contributed by atoms with Gasteiger partial charge in [0, 0.05) is 36.3 Å². The van der Waals surface area contributed by atoms with Crippen molar-refractivity contribution in [3.8, 4) is 11.8 Å². The molecule has 3 aliphatic rings. The van der Waals surface area contributed by atoms with E-state index in [0.29, 0.717) is 6.04 Å². The Balaban J connectivity index is 1.61. The maximum absolute atomic E-state index is 9.84. The van der Waals surface area contributed by atoms with Gasteiger partial charge in [-0.15, -0.1) is 0 Å². The molecular weight excluding hydrogens is 404 g/mol. The van der Waals surface area contributed by atoms with Gasteiger partial charge in [0.15, 0.2) is 0 Å². The van der Waals surface area contributed by atoms with Gasteiger partial charge in [-0.25, -0.2) is 0 Å². The SMILES string of the molecule is CN1CCCC1C1=CN(C2(Cl)CC=CC=C2c2ccc(C#CC(C)(C)O)cc2)CC=C1. The standard InChI is InChI=1S/C27H31ClN2O/c1-26(2,31)17-15-21-11-13-22(14-12-21)24-9-4-5-16-27(24,28)30-19-6-8-23(20-30)25-10-7-18-29(25)3/h4-6,8-9,11-14,20,25,31H,7,10,16,18-19H2,1-3H3. The molecule has 1 aliphatic carbocycles. The summed E-state index contributed by atoms with van der Waals surface area (Å²) in [6, 6.07) is 8.61. The van der Waals surface area contributed by atoms with E-state index in [0.717, 1.165) is 36.2 Å². The van der Waals surface area contributed by atoms with Gasteiger partial charge >= 0.3 is 0 Å². The Morgan fingerprint density at radius 3 is 2.65 bits per heavy atom. The van der Waals surface area contributed by atoms with Crippen LogP contribution in [0, 0.1) is 11.8 Å². The Morgan fingerprint density at radius 2 is 1.97 bits per heavy atom. The van der Waals surface area contributed by atoms with E-state index in [4.69, 9.17) is 11.6 Å². The van der Waals surface area contributed by atoms with E-state index in [1.54, 1.807) is 13.8 Å². The molecule has 2 aliphatic heterocycles. The summed E-state index contributed by atoms with van der Waals surface area (Å²) >= 11 is 7.38. The van der Waals surface area contributed by atoms with Crippen molar-refractivity contribution in [3.63, 3.8) is 0 Å². The third-order valence-electron chi connectivity index (χ3n) is 6.19. The molecule has 1 N–H and O–H groups in total. The molecule has 4 rings (SSSR count). The van der Waals surface area contributed by atoms with Crippen molar-refractivity contribution in [1.82, 2.24) is 9.80 Å². The predicted molar refractivity (Wildman–Crippen MR) is 130 cm³/mol. The van der Waals surface area contributed by atoms with E-state index < -0.39 is 10.6 Å². The van der Waals surface area contributed by atoms with Gasteiger partial charge < -0.3 is 10.0 Å². The first-order chi connectivity index (χ1) is 14.8. The smallest absolute Gasteiger partial charge is 0.144 e. The number of aliphatic hydroxyl groups is 1. The van der Waals surface area contributed by atoms with E-state index in [2.05, 4.69) is 77.4 Å². The van der Waals surface area contributed by atoms with Crippen LogP contribution in [0.1, 0.15) is 44.2 Å². The molecule has 2 atom stereocenters. The van der Waals surface area contributed by atoms with Gasteiger partial charge in [-0.2, -0.15) is 0 Å². The lowest BCUT2D eigenvalue weighted by molar-refractivity contribution is 0.143. The molecule has 0 radical (unpaired) electrons. The molecule has 1 fully saturated rings. The molecule has 31 heavy (non-hydrogen) atoms. The number of alkyl halides is 1. The first kappa shape index (κ1) is 22.0. The largest absolute Gasteiger partial charge is 0.378 e. The number of allylic oxidation sites excluding steroid dienone is 2. The Kier molecular flexibility index (Phi) is 6.17. The van der Waals surface area contributed by atoms with Gasteiger partial charge in [0.25, 0.3) is 0 Å². The van der Waals surface area contributed by atoms with Gasteiger partial charge in [-0.05, 0) is 63.6 Å². The van der Waals surface area contributed by atoms with Crippen LogP contribution in [0.4, 0.5) is 0 Å². The van der Waals surface area contributed by atoms with Crippen LogP contribution in [0.2, 0.25) is 0 Å². The molecule has 1 aromatic rings. The zero-order chi connectivity index (χ0) is 22.1. The maximum Gasteiger partial charge on any atom is 0.144 e. The molecule has 2 heterocycles. The maximum atomic E-state index is 9.84. The molecule has 2 unspecified atom stereocenters. The summed E-state index contributed by atoms with van der Waals surface area (Å²) in [5, 5.41) is 9.84. The zero-order valence-electron chi connectivity index (χ0n) is 18.6.